The third-order valence-electron chi connectivity index (χ3n) is 7.54. The summed E-state index contributed by atoms with van der Waals surface area (Å²) < 4.78 is 22.2. The lowest BCUT2D eigenvalue weighted by Crippen LogP contribution is -2.65. The van der Waals surface area contributed by atoms with Gasteiger partial charge < -0.3 is 65.1 Å². The minimum atomic E-state index is -1.79. The fourth-order valence-electron chi connectivity index (χ4n) is 4.90. The Bertz CT molecular complexity index is 914. The number of allylic oxidation sites excluding steroid dienone is 5. The fourth-order valence-corrected chi connectivity index (χ4v) is 4.90. The molecule has 2 aliphatic heterocycles. The Morgan fingerprint density at radius 3 is 1.96 bits per heavy atom. The first kappa shape index (κ1) is 39.4. The van der Waals surface area contributed by atoms with Gasteiger partial charge in [0.05, 0.1) is 32.0 Å². The van der Waals surface area contributed by atoms with Gasteiger partial charge in [0, 0.05) is 6.42 Å². The van der Waals surface area contributed by atoms with Crippen LogP contribution in [0.5, 0.6) is 0 Å². The number of unbranched alkanes of at least 4 members (excludes halogenated alkanes) is 2. The molecule has 12 unspecified atom stereocenters. The van der Waals surface area contributed by atoms with E-state index in [1.54, 1.807) is 12.2 Å². The van der Waals surface area contributed by atoms with Crippen molar-refractivity contribution in [2.45, 2.75) is 132 Å². The van der Waals surface area contributed by atoms with E-state index in [0.717, 1.165) is 25.7 Å². The molecule has 0 aromatic heterocycles. The average molecular weight is 648 g/mol. The number of rotatable bonds is 19. The molecule has 2 rings (SSSR count). The van der Waals surface area contributed by atoms with E-state index in [4.69, 9.17) is 18.9 Å². The number of nitrogens with one attached hydrogen (secondary N) is 1. The monoisotopic (exact) mass is 647 g/mol. The van der Waals surface area contributed by atoms with Crippen molar-refractivity contribution in [3.8, 4) is 0 Å². The van der Waals surface area contributed by atoms with E-state index < -0.39 is 86.8 Å². The summed E-state index contributed by atoms with van der Waals surface area (Å²) >= 11 is 0. The maximum Gasteiger partial charge on any atom is 0.220 e. The molecule has 0 aliphatic carbocycles. The SMILES string of the molecule is CC/C=C/CC/C=C/CC/C=C/C(O)C(COC1OC(CO)C(OC2OC(CO)C(O)C(O)C2O)C(O)C1O)NC(=O)CCC. The number of amides is 1. The number of carbonyl (C=O) groups excluding carboxylic acids is 1. The van der Waals surface area contributed by atoms with E-state index in [0.29, 0.717) is 12.8 Å². The molecule has 260 valence electrons. The van der Waals surface area contributed by atoms with Gasteiger partial charge in [0.2, 0.25) is 5.91 Å². The topological polar surface area (TPSA) is 228 Å². The molecular formula is C31H53NO13. The summed E-state index contributed by atoms with van der Waals surface area (Å²) in [6.07, 6.45) is -0.0427. The second kappa shape index (κ2) is 21.2. The van der Waals surface area contributed by atoms with Gasteiger partial charge in [0.1, 0.15) is 48.8 Å². The molecule has 9 N–H and O–H groups in total. The number of hydrogen-bond donors (Lipinski definition) is 9. The van der Waals surface area contributed by atoms with Crippen LogP contribution in [0.2, 0.25) is 0 Å². The minimum absolute atomic E-state index is 0.218. The minimum Gasteiger partial charge on any atom is -0.394 e. The Kier molecular flexibility index (Phi) is 18.5. The van der Waals surface area contributed by atoms with Gasteiger partial charge in [-0.2, -0.15) is 0 Å². The van der Waals surface area contributed by atoms with Crippen molar-refractivity contribution in [2.75, 3.05) is 19.8 Å². The number of aliphatic hydroxyl groups is 8. The molecule has 45 heavy (non-hydrogen) atoms. The third kappa shape index (κ3) is 12.4. The Labute approximate surface area is 264 Å². The van der Waals surface area contributed by atoms with Gasteiger partial charge in [-0.1, -0.05) is 50.3 Å². The van der Waals surface area contributed by atoms with Crippen LogP contribution in [0.25, 0.3) is 0 Å². The van der Waals surface area contributed by atoms with Crippen molar-refractivity contribution in [1.29, 1.82) is 0 Å². The van der Waals surface area contributed by atoms with Crippen LogP contribution in [-0.2, 0) is 23.7 Å². The van der Waals surface area contributed by atoms with Crippen LogP contribution in [0.15, 0.2) is 36.5 Å². The zero-order chi connectivity index (χ0) is 33.4. The largest absolute Gasteiger partial charge is 0.394 e. The molecule has 1 amide bonds. The average Bonchev–Trinajstić information content (AvgIpc) is 3.03. The van der Waals surface area contributed by atoms with Crippen LogP contribution >= 0.6 is 0 Å². The molecule has 2 heterocycles. The van der Waals surface area contributed by atoms with Crippen molar-refractivity contribution >= 4 is 5.91 Å². The van der Waals surface area contributed by atoms with Gasteiger partial charge in [-0.15, -0.1) is 0 Å². The quantitative estimate of drug-likeness (QED) is 0.0601. The van der Waals surface area contributed by atoms with Gasteiger partial charge >= 0.3 is 0 Å². The van der Waals surface area contributed by atoms with Gasteiger partial charge in [-0.25, -0.2) is 0 Å². The van der Waals surface area contributed by atoms with Crippen molar-refractivity contribution in [3.05, 3.63) is 36.5 Å². The zero-order valence-corrected chi connectivity index (χ0v) is 26.1. The molecule has 2 fully saturated rings. The normalized spacial score (nSPS) is 34.1. The molecule has 2 aliphatic rings. The summed E-state index contributed by atoms with van der Waals surface area (Å²) in [6.45, 7) is 2.17. The van der Waals surface area contributed by atoms with Crippen molar-refractivity contribution in [1.82, 2.24) is 5.32 Å². The fraction of sp³-hybridized carbons (Fsp3) is 0.774. The Balaban J connectivity index is 1.99. The van der Waals surface area contributed by atoms with Crippen LogP contribution < -0.4 is 5.32 Å². The molecule has 0 aromatic rings. The predicted octanol–water partition coefficient (Wildman–Crippen LogP) is -1.09. The van der Waals surface area contributed by atoms with E-state index in [1.807, 2.05) is 6.92 Å². The molecule has 0 aromatic carbocycles. The van der Waals surface area contributed by atoms with Crippen molar-refractivity contribution < 1.29 is 64.6 Å². The maximum absolute atomic E-state index is 12.3. The lowest BCUT2D eigenvalue weighted by atomic mass is 9.97. The standard InChI is InChI=1S/C31H53NO13/c1-3-5-6-7-8-9-10-11-12-13-15-20(35)19(32-23(36)14-4-2)18-42-30-28(41)26(39)29(22(17-34)44-30)45-31-27(40)25(38)24(37)21(16-33)43-31/h5-6,9-10,13,15,19-22,24-31,33-35,37-41H,3-4,7-8,11-12,14,16-18H2,1-2H3,(H,32,36)/b6-5+,10-9+,15-13+. The summed E-state index contributed by atoms with van der Waals surface area (Å²) in [5.74, 6) is -0.315. The summed E-state index contributed by atoms with van der Waals surface area (Å²) in [5.41, 5.74) is 0. The molecular weight excluding hydrogens is 594 g/mol. The first-order valence-corrected chi connectivity index (χ1v) is 15.7. The summed E-state index contributed by atoms with van der Waals surface area (Å²) in [7, 11) is 0. The second-order valence-corrected chi connectivity index (χ2v) is 11.2. The highest BCUT2D eigenvalue weighted by Crippen LogP contribution is 2.29. The highest BCUT2D eigenvalue weighted by molar-refractivity contribution is 5.76. The van der Waals surface area contributed by atoms with E-state index in [9.17, 15) is 45.6 Å². The number of ether oxygens (including phenoxy) is 4. The van der Waals surface area contributed by atoms with Crippen LogP contribution in [-0.4, -0.2) is 140 Å². The highest BCUT2D eigenvalue weighted by Gasteiger charge is 2.50. The Morgan fingerprint density at radius 1 is 0.778 bits per heavy atom. The smallest absolute Gasteiger partial charge is 0.220 e. The predicted molar refractivity (Wildman–Crippen MR) is 161 cm³/mol. The molecule has 0 radical (unpaired) electrons. The van der Waals surface area contributed by atoms with Crippen LogP contribution in [0, 0.1) is 0 Å². The lowest BCUT2D eigenvalue weighted by molar-refractivity contribution is -0.359. The van der Waals surface area contributed by atoms with Crippen molar-refractivity contribution in [2.24, 2.45) is 0 Å². The molecule has 2 saturated heterocycles. The summed E-state index contributed by atoms with van der Waals surface area (Å²) in [4.78, 5) is 12.3. The zero-order valence-electron chi connectivity index (χ0n) is 26.1. The molecule has 14 nitrogen and oxygen atoms in total. The van der Waals surface area contributed by atoms with E-state index in [2.05, 4.69) is 36.5 Å². The van der Waals surface area contributed by atoms with Gasteiger partial charge in [0.25, 0.3) is 0 Å². The van der Waals surface area contributed by atoms with Gasteiger partial charge in [-0.05, 0) is 38.5 Å². The van der Waals surface area contributed by atoms with E-state index in [-0.39, 0.29) is 18.9 Å². The van der Waals surface area contributed by atoms with Crippen LogP contribution in [0.1, 0.15) is 58.8 Å². The number of aliphatic hydroxyl groups excluding tert-OH is 8. The van der Waals surface area contributed by atoms with Crippen LogP contribution in [0.4, 0.5) is 0 Å². The van der Waals surface area contributed by atoms with Crippen LogP contribution in [0.3, 0.4) is 0 Å². The third-order valence-corrected chi connectivity index (χ3v) is 7.54. The number of carbonyl (C=O) groups is 1. The summed E-state index contributed by atoms with van der Waals surface area (Å²) in [5, 5.41) is 84.8. The lowest BCUT2D eigenvalue weighted by Gasteiger charge is -2.46. The van der Waals surface area contributed by atoms with Crippen molar-refractivity contribution in [3.63, 3.8) is 0 Å². The molecule has 0 spiro atoms. The highest BCUT2D eigenvalue weighted by atomic mass is 16.7. The second-order valence-electron chi connectivity index (χ2n) is 11.2. The Morgan fingerprint density at radius 2 is 1.36 bits per heavy atom. The maximum atomic E-state index is 12.3. The molecule has 0 bridgehead atoms. The van der Waals surface area contributed by atoms with E-state index >= 15 is 0 Å². The molecule has 14 heteroatoms. The number of hydrogen-bond acceptors (Lipinski definition) is 13. The first-order chi connectivity index (χ1) is 21.6. The van der Waals surface area contributed by atoms with Gasteiger partial charge in [0.15, 0.2) is 12.6 Å². The summed E-state index contributed by atoms with van der Waals surface area (Å²) in [6, 6.07) is -0.926. The Hall–Kier alpha value is -1.79. The van der Waals surface area contributed by atoms with Gasteiger partial charge in [-0.3, -0.25) is 4.79 Å². The first-order valence-electron chi connectivity index (χ1n) is 15.7. The molecule has 12 atom stereocenters. The molecule has 0 saturated carbocycles. The van der Waals surface area contributed by atoms with E-state index in [1.165, 1.54) is 0 Å².